The quantitative estimate of drug-likeness (QED) is 0.728. The van der Waals surface area contributed by atoms with Crippen molar-refractivity contribution >= 4 is 34.7 Å². The SMILES string of the molecule is O=C(Nc1ccc2c(c1)OCO2)c1nnc(C(=O)N2CCC(C(=O)N3CCCCC3)CC2)s1. The van der Waals surface area contributed by atoms with Crippen LogP contribution in [0.15, 0.2) is 18.2 Å². The number of aromatic nitrogens is 2. The van der Waals surface area contributed by atoms with Crippen LogP contribution in [-0.4, -0.2) is 70.7 Å². The summed E-state index contributed by atoms with van der Waals surface area (Å²) in [6.07, 6.45) is 4.64. The zero-order chi connectivity index (χ0) is 22.8. The molecule has 2 aromatic rings. The van der Waals surface area contributed by atoms with E-state index in [1.54, 1.807) is 23.1 Å². The van der Waals surface area contributed by atoms with E-state index in [4.69, 9.17) is 9.47 Å². The highest BCUT2D eigenvalue weighted by molar-refractivity contribution is 7.15. The molecule has 1 aromatic carbocycles. The number of carbonyl (C=O) groups excluding carboxylic acids is 3. The molecular formula is C22H25N5O5S. The van der Waals surface area contributed by atoms with Crippen molar-refractivity contribution in [1.29, 1.82) is 0 Å². The van der Waals surface area contributed by atoms with Gasteiger partial charge in [-0.05, 0) is 44.2 Å². The molecule has 0 atom stereocenters. The van der Waals surface area contributed by atoms with Gasteiger partial charge in [-0.3, -0.25) is 14.4 Å². The van der Waals surface area contributed by atoms with E-state index >= 15 is 0 Å². The Morgan fingerprint density at radius 3 is 2.42 bits per heavy atom. The second kappa shape index (κ2) is 9.34. The maximum atomic E-state index is 12.9. The Bertz CT molecular complexity index is 1060. The number of benzene rings is 1. The van der Waals surface area contributed by atoms with Gasteiger partial charge in [-0.25, -0.2) is 0 Å². The van der Waals surface area contributed by atoms with E-state index in [9.17, 15) is 14.4 Å². The molecule has 11 heteroatoms. The Hall–Kier alpha value is -3.21. The number of amides is 3. The summed E-state index contributed by atoms with van der Waals surface area (Å²) in [4.78, 5) is 41.8. The fourth-order valence-electron chi connectivity index (χ4n) is 4.40. The van der Waals surface area contributed by atoms with E-state index in [0.29, 0.717) is 43.1 Å². The molecule has 3 aliphatic rings. The van der Waals surface area contributed by atoms with Crippen LogP contribution in [0.2, 0.25) is 0 Å². The monoisotopic (exact) mass is 471 g/mol. The standard InChI is InChI=1S/C22H25N5O5S/c28-18(23-15-4-5-16-17(12-15)32-13-31-16)19-24-25-20(33-19)22(30)27-10-6-14(7-11-27)21(29)26-8-2-1-3-9-26/h4-5,12,14H,1-3,6-11,13H2,(H,23,28). The van der Waals surface area contributed by atoms with Gasteiger partial charge in [-0.2, -0.15) is 0 Å². The molecule has 174 valence electrons. The molecule has 0 radical (unpaired) electrons. The van der Waals surface area contributed by atoms with Crippen LogP contribution < -0.4 is 14.8 Å². The van der Waals surface area contributed by atoms with Crippen molar-refractivity contribution in [3.8, 4) is 11.5 Å². The summed E-state index contributed by atoms with van der Waals surface area (Å²) in [5.41, 5.74) is 0.535. The van der Waals surface area contributed by atoms with Gasteiger partial charge in [0.1, 0.15) is 0 Å². The van der Waals surface area contributed by atoms with E-state index in [2.05, 4.69) is 15.5 Å². The molecule has 5 rings (SSSR count). The van der Waals surface area contributed by atoms with Crippen LogP contribution in [0.25, 0.3) is 0 Å². The summed E-state index contributed by atoms with van der Waals surface area (Å²) in [5, 5.41) is 10.8. The number of piperidine rings is 2. The molecule has 0 saturated carbocycles. The molecule has 3 aliphatic heterocycles. The van der Waals surface area contributed by atoms with E-state index in [1.165, 1.54) is 6.42 Å². The third-order valence-corrected chi connectivity index (χ3v) is 7.14. The van der Waals surface area contributed by atoms with Crippen LogP contribution in [0, 0.1) is 5.92 Å². The summed E-state index contributed by atoms with van der Waals surface area (Å²) < 4.78 is 10.6. The molecule has 1 N–H and O–H groups in total. The summed E-state index contributed by atoms with van der Waals surface area (Å²) in [6, 6.07) is 5.09. The van der Waals surface area contributed by atoms with Gasteiger partial charge in [0.25, 0.3) is 11.8 Å². The molecule has 33 heavy (non-hydrogen) atoms. The zero-order valence-electron chi connectivity index (χ0n) is 18.1. The Kier molecular flexibility index (Phi) is 6.12. The molecule has 0 spiro atoms. The van der Waals surface area contributed by atoms with Crippen LogP contribution in [0.4, 0.5) is 5.69 Å². The number of hydrogen-bond donors (Lipinski definition) is 1. The first-order valence-corrected chi connectivity index (χ1v) is 12.0. The normalized spacial score (nSPS) is 18.3. The van der Waals surface area contributed by atoms with Gasteiger partial charge in [0.05, 0.1) is 0 Å². The van der Waals surface area contributed by atoms with Crippen LogP contribution in [0.1, 0.15) is 51.7 Å². The lowest BCUT2D eigenvalue weighted by Crippen LogP contribution is -2.45. The number of anilines is 1. The summed E-state index contributed by atoms with van der Waals surface area (Å²) in [6.45, 7) is 2.85. The number of rotatable bonds is 4. The first kappa shape index (κ1) is 21.6. The number of likely N-dealkylation sites (tertiary alicyclic amines) is 2. The number of nitrogens with zero attached hydrogens (tertiary/aromatic N) is 4. The van der Waals surface area contributed by atoms with E-state index in [1.807, 2.05) is 4.90 Å². The zero-order valence-corrected chi connectivity index (χ0v) is 18.9. The Labute approximate surface area is 194 Å². The van der Waals surface area contributed by atoms with E-state index in [0.717, 1.165) is 37.3 Å². The van der Waals surface area contributed by atoms with Gasteiger partial charge < -0.3 is 24.6 Å². The lowest BCUT2D eigenvalue weighted by atomic mass is 9.94. The van der Waals surface area contributed by atoms with Crippen LogP contribution in [-0.2, 0) is 4.79 Å². The van der Waals surface area contributed by atoms with Crippen molar-refractivity contribution in [1.82, 2.24) is 20.0 Å². The van der Waals surface area contributed by atoms with Gasteiger partial charge in [0.15, 0.2) is 11.5 Å². The van der Waals surface area contributed by atoms with Crippen molar-refractivity contribution < 1.29 is 23.9 Å². The fraction of sp³-hybridized carbons (Fsp3) is 0.500. The average molecular weight is 472 g/mol. The second-order valence-corrected chi connectivity index (χ2v) is 9.36. The minimum atomic E-state index is -0.448. The van der Waals surface area contributed by atoms with Gasteiger partial charge in [0.2, 0.25) is 22.7 Å². The van der Waals surface area contributed by atoms with Crippen molar-refractivity contribution in [2.75, 3.05) is 38.3 Å². The number of hydrogen-bond acceptors (Lipinski definition) is 8. The maximum absolute atomic E-state index is 12.9. The predicted molar refractivity (Wildman–Crippen MR) is 119 cm³/mol. The summed E-state index contributed by atoms with van der Waals surface area (Å²) in [7, 11) is 0. The largest absolute Gasteiger partial charge is 0.454 e. The lowest BCUT2D eigenvalue weighted by Gasteiger charge is -2.35. The average Bonchev–Trinajstić information content (AvgIpc) is 3.53. The van der Waals surface area contributed by atoms with E-state index < -0.39 is 5.91 Å². The molecule has 4 heterocycles. The highest BCUT2D eigenvalue weighted by atomic mass is 32.1. The molecule has 3 amide bonds. The van der Waals surface area contributed by atoms with Crippen molar-refractivity contribution in [2.24, 2.45) is 5.92 Å². The minimum Gasteiger partial charge on any atom is -0.454 e. The molecule has 1 aromatic heterocycles. The van der Waals surface area contributed by atoms with Crippen molar-refractivity contribution in [3.05, 3.63) is 28.2 Å². The number of carbonyl (C=O) groups is 3. The summed E-state index contributed by atoms with van der Waals surface area (Å²) >= 11 is 0.961. The van der Waals surface area contributed by atoms with Gasteiger partial charge >= 0.3 is 0 Å². The van der Waals surface area contributed by atoms with Crippen LogP contribution >= 0.6 is 11.3 Å². The fourth-order valence-corrected chi connectivity index (χ4v) is 5.10. The van der Waals surface area contributed by atoms with Crippen molar-refractivity contribution in [2.45, 2.75) is 32.1 Å². The smallest absolute Gasteiger partial charge is 0.286 e. The minimum absolute atomic E-state index is 0.0235. The van der Waals surface area contributed by atoms with Crippen LogP contribution in [0.5, 0.6) is 11.5 Å². The Morgan fingerprint density at radius 2 is 1.64 bits per heavy atom. The molecule has 0 aliphatic carbocycles. The third-order valence-electron chi connectivity index (χ3n) is 6.23. The number of nitrogens with one attached hydrogen (secondary N) is 1. The highest BCUT2D eigenvalue weighted by Gasteiger charge is 2.32. The summed E-state index contributed by atoms with van der Waals surface area (Å²) in [5.74, 6) is 0.681. The molecule has 10 nitrogen and oxygen atoms in total. The highest BCUT2D eigenvalue weighted by Crippen LogP contribution is 2.34. The van der Waals surface area contributed by atoms with Gasteiger partial charge in [0, 0.05) is 43.9 Å². The third kappa shape index (κ3) is 4.63. The van der Waals surface area contributed by atoms with Gasteiger partial charge in [-0.15, -0.1) is 10.2 Å². The second-order valence-electron chi connectivity index (χ2n) is 8.39. The topological polar surface area (TPSA) is 114 Å². The molecule has 2 fully saturated rings. The molecular weight excluding hydrogens is 446 g/mol. The number of ether oxygens (including phenoxy) is 2. The number of fused-ring (bicyclic) bond motifs is 1. The predicted octanol–water partition coefficient (Wildman–Crippen LogP) is 2.38. The van der Waals surface area contributed by atoms with E-state index in [-0.39, 0.29) is 34.5 Å². The molecule has 2 saturated heterocycles. The Balaban J connectivity index is 1.16. The first-order valence-electron chi connectivity index (χ1n) is 11.2. The van der Waals surface area contributed by atoms with Gasteiger partial charge in [-0.1, -0.05) is 11.3 Å². The maximum Gasteiger partial charge on any atom is 0.286 e. The van der Waals surface area contributed by atoms with Crippen molar-refractivity contribution in [3.63, 3.8) is 0 Å². The lowest BCUT2D eigenvalue weighted by molar-refractivity contribution is -0.137. The Morgan fingerprint density at radius 1 is 0.909 bits per heavy atom. The van der Waals surface area contributed by atoms with Crippen LogP contribution in [0.3, 0.4) is 0 Å². The molecule has 0 unspecified atom stereocenters. The molecule has 0 bridgehead atoms. The first-order chi connectivity index (χ1) is 16.1.